The summed E-state index contributed by atoms with van der Waals surface area (Å²) < 4.78 is 0. The molecule has 0 saturated heterocycles. The van der Waals surface area contributed by atoms with Crippen LogP contribution < -0.4 is 11.1 Å². The summed E-state index contributed by atoms with van der Waals surface area (Å²) in [6, 6.07) is -0.457. The van der Waals surface area contributed by atoms with Crippen molar-refractivity contribution in [3.8, 4) is 0 Å². The first-order valence-electron chi connectivity index (χ1n) is 4.71. The van der Waals surface area contributed by atoms with Gasteiger partial charge >= 0.3 is 0 Å². The maximum absolute atomic E-state index is 11.2. The highest BCUT2D eigenvalue weighted by Gasteiger charge is 2.14. The molecule has 4 N–H and O–H groups in total. The Hall–Kier alpha value is -0.610. The molecule has 4 heteroatoms. The van der Waals surface area contributed by atoms with Crippen LogP contribution >= 0.6 is 0 Å². The third kappa shape index (κ3) is 5.60. The van der Waals surface area contributed by atoms with Crippen molar-refractivity contribution in [1.29, 1.82) is 0 Å². The van der Waals surface area contributed by atoms with E-state index in [2.05, 4.69) is 5.32 Å². The van der Waals surface area contributed by atoms with Gasteiger partial charge in [0.2, 0.25) is 5.91 Å². The predicted octanol–water partition coefficient (Wildman–Crippen LogP) is -0.000700. The van der Waals surface area contributed by atoms with Crippen LogP contribution in [-0.2, 0) is 4.79 Å². The molecule has 0 aromatic rings. The second-order valence-corrected chi connectivity index (χ2v) is 3.51. The Balaban J connectivity index is 3.77. The zero-order valence-corrected chi connectivity index (χ0v) is 8.58. The van der Waals surface area contributed by atoms with Gasteiger partial charge in [-0.05, 0) is 26.7 Å². The van der Waals surface area contributed by atoms with E-state index in [0.29, 0.717) is 12.8 Å². The van der Waals surface area contributed by atoms with Crippen LogP contribution in [0.3, 0.4) is 0 Å². The minimum absolute atomic E-state index is 0.0231. The van der Waals surface area contributed by atoms with E-state index >= 15 is 0 Å². The summed E-state index contributed by atoms with van der Waals surface area (Å²) in [6.07, 6.45) is 0.795. The van der Waals surface area contributed by atoms with E-state index in [4.69, 9.17) is 10.8 Å². The average molecular weight is 188 g/mol. The summed E-state index contributed by atoms with van der Waals surface area (Å²) in [5.41, 5.74) is 5.52. The van der Waals surface area contributed by atoms with Crippen LogP contribution in [0.2, 0.25) is 0 Å². The van der Waals surface area contributed by atoms with Gasteiger partial charge in [0.15, 0.2) is 0 Å². The summed E-state index contributed by atoms with van der Waals surface area (Å²) in [7, 11) is 0. The summed E-state index contributed by atoms with van der Waals surface area (Å²) in [5, 5.41) is 11.8. The lowest BCUT2D eigenvalue weighted by Crippen LogP contribution is -2.44. The zero-order valence-electron chi connectivity index (χ0n) is 8.58. The average Bonchev–Trinajstić information content (AvgIpc) is 2.01. The third-order valence-corrected chi connectivity index (χ3v) is 1.86. The van der Waals surface area contributed by atoms with E-state index in [1.807, 2.05) is 13.8 Å². The highest BCUT2D eigenvalue weighted by molar-refractivity contribution is 5.81. The van der Waals surface area contributed by atoms with E-state index in [-0.39, 0.29) is 11.9 Å². The lowest BCUT2D eigenvalue weighted by atomic mass is 10.1. The molecular formula is C9H20N2O2. The monoisotopic (exact) mass is 188 g/mol. The number of amides is 1. The molecule has 0 spiro atoms. The second-order valence-electron chi connectivity index (χ2n) is 3.51. The minimum Gasteiger partial charge on any atom is -0.393 e. The molecule has 0 aromatic heterocycles. The fourth-order valence-corrected chi connectivity index (χ4v) is 1.11. The number of nitrogens with two attached hydrogens (primary N) is 1. The van der Waals surface area contributed by atoms with E-state index in [1.165, 1.54) is 0 Å². The minimum atomic E-state index is -0.434. The summed E-state index contributed by atoms with van der Waals surface area (Å²) in [6.45, 7) is 5.42. The van der Waals surface area contributed by atoms with Gasteiger partial charge < -0.3 is 16.2 Å². The van der Waals surface area contributed by atoms with E-state index < -0.39 is 12.1 Å². The van der Waals surface area contributed by atoms with E-state index in [9.17, 15) is 4.79 Å². The highest BCUT2D eigenvalue weighted by atomic mass is 16.3. The van der Waals surface area contributed by atoms with Gasteiger partial charge in [0.05, 0.1) is 12.1 Å². The number of aliphatic hydroxyl groups is 1. The first-order valence-corrected chi connectivity index (χ1v) is 4.71. The van der Waals surface area contributed by atoms with Gasteiger partial charge in [0.1, 0.15) is 0 Å². The molecule has 1 amide bonds. The molecule has 3 unspecified atom stereocenters. The van der Waals surface area contributed by atoms with Crippen molar-refractivity contribution in [2.45, 2.75) is 51.8 Å². The molecule has 0 saturated carbocycles. The SMILES string of the molecule is CCC(N)C(=O)NC(C)CC(C)O. The molecule has 4 nitrogen and oxygen atoms in total. The van der Waals surface area contributed by atoms with Crippen molar-refractivity contribution in [1.82, 2.24) is 5.32 Å². The van der Waals surface area contributed by atoms with Gasteiger partial charge in [-0.15, -0.1) is 0 Å². The van der Waals surface area contributed by atoms with Crippen LogP contribution in [0.15, 0.2) is 0 Å². The lowest BCUT2D eigenvalue weighted by molar-refractivity contribution is -0.123. The number of carbonyl (C=O) groups excluding carboxylic acids is 1. The largest absolute Gasteiger partial charge is 0.393 e. The van der Waals surface area contributed by atoms with Gasteiger partial charge in [-0.3, -0.25) is 4.79 Å². The molecule has 0 aliphatic heterocycles. The molecular weight excluding hydrogens is 168 g/mol. The van der Waals surface area contributed by atoms with Crippen molar-refractivity contribution in [3.63, 3.8) is 0 Å². The summed E-state index contributed by atoms with van der Waals surface area (Å²) in [5.74, 6) is -0.143. The quantitative estimate of drug-likeness (QED) is 0.568. The zero-order chi connectivity index (χ0) is 10.4. The van der Waals surface area contributed by atoms with Crippen LogP contribution in [0.25, 0.3) is 0 Å². The molecule has 0 rings (SSSR count). The fraction of sp³-hybridized carbons (Fsp3) is 0.889. The predicted molar refractivity (Wildman–Crippen MR) is 52.2 cm³/mol. The van der Waals surface area contributed by atoms with Crippen molar-refractivity contribution in [3.05, 3.63) is 0 Å². The molecule has 0 heterocycles. The maximum Gasteiger partial charge on any atom is 0.237 e. The van der Waals surface area contributed by atoms with Crippen molar-refractivity contribution in [2.75, 3.05) is 0 Å². The number of carbonyl (C=O) groups is 1. The van der Waals surface area contributed by atoms with Crippen molar-refractivity contribution < 1.29 is 9.90 Å². The molecule has 0 aromatic carbocycles. The molecule has 13 heavy (non-hydrogen) atoms. The first kappa shape index (κ1) is 12.4. The van der Waals surface area contributed by atoms with Crippen LogP contribution in [0, 0.1) is 0 Å². The molecule has 0 fully saturated rings. The number of hydrogen-bond donors (Lipinski definition) is 3. The van der Waals surface area contributed by atoms with Crippen LogP contribution in [-0.4, -0.2) is 29.2 Å². The smallest absolute Gasteiger partial charge is 0.237 e. The Morgan fingerprint density at radius 1 is 1.54 bits per heavy atom. The second kappa shape index (κ2) is 5.94. The van der Waals surface area contributed by atoms with Crippen molar-refractivity contribution >= 4 is 5.91 Å². The van der Waals surface area contributed by atoms with Crippen LogP contribution in [0.4, 0.5) is 0 Å². The summed E-state index contributed by atoms with van der Waals surface area (Å²) in [4.78, 5) is 11.2. The Labute approximate surface area is 79.5 Å². The Morgan fingerprint density at radius 2 is 2.08 bits per heavy atom. The van der Waals surface area contributed by atoms with Crippen LogP contribution in [0.1, 0.15) is 33.6 Å². The summed E-state index contributed by atoms with van der Waals surface area (Å²) >= 11 is 0. The van der Waals surface area contributed by atoms with E-state index in [0.717, 1.165) is 0 Å². The Morgan fingerprint density at radius 3 is 2.46 bits per heavy atom. The molecule has 3 atom stereocenters. The third-order valence-electron chi connectivity index (χ3n) is 1.86. The Kier molecular flexibility index (Phi) is 5.66. The number of hydrogen-bond acceptors (Lipinski definition) is 3. The number of rotatable bonds is 5. The molecule has 0 aliphatic carbocycles. The normalized spacial score (nSPS) is 17.6. The molecule has 0 aliphatic rings. The highest BCUT2D eigenvalue weighted by Crippen LogP contribution is 1.97. The van der Waals surface area contributed by atoms with Gasteiger partial charge in [0, 0.05) is 6.04 Å². The van der Waals surface area contributed by atoms with E-state index in [1.54, 1.807) is 6.92 Å². The number of nitrogens with one attached hydrogen (secondary N) is 1. The number of aliphatic hydroxyl groups excluding tert-OH is 1. The molecule has 0 radical (unpaired) electrons. The molecule has 0 bridgehead atoms. The van der Waals surface area contributed by atoms with Gasteiger partial charge in [-0.25, -0.2) is 0 Å². The topological polar surface area (TPSA) is 75.4 Å². The maximum atomic E-state index is 11.2. The van der Waals surface area contributed by atoms with Gasteiger partial charge in [-0.2, -0.15) is 0 Å². The Bertz CT molecular complexity index is 160. The van der Waals surface area contributed by atoms with Crippen LogP contribution in [0.5, 0.6) is 0 Å². The fourth-order valence-electron chi connectivity index (χ4n) is 1.11. The standard InChI is InChI=1S/C9H20N2O2/c1-4-8(10)9(13)11-6(2)5-7(3)12/h6-8,12H,4-5,10H2,1-3H3,(H,11,13). The van der Waals surface area contributed by atoms with Gasteiger partial charge in [0.25, 0.3) is 0 Å². The lowest BCUT2D eigenvalue weighted by Gasteiger charge is -2.17. The molecule has 78 valence electrons. The first-order chi connectivity index (χ1) is 5.97. The van der Waals surface area contributed by atoms with Gasteiger partial charge in [-0.1, -0.05) is 6.92 Å². The van der Waals surface area contributed by atoms with Crippen molar-refractivity contribution in [2.24, 2.45) is 5.73 Å².